The first-order chi connectivity index (χ1) is 11.0. The molecule has 0 atom stereocenters. The summed E-state index contributed by atoms with van der Waals surface area (Å²) < 4.78 is 12.8. The minimum atomic E-state index is -0.380. The highest BCUT2D eigenvalue weighted by molar-refractivity contribution is 5.97. The molecular formula is C18H24FNO3. The quantitative estimate of drug-likeness (QED) is 0.820. The molecule has 126 valence electrons. The first-order valence-corrected chi connectivity index (χ1v) is 8.17. The van der Waals surface area contributed by atoms with E-state index < -0.39 is 0 Å². The van der Waals surface area contributed by atoms with Crippen LogP contribution in [0.25, 0.3) is 0 Å². The number of piperidine rings is 1. The molecule has 1 aliphatic heterocycles. The van der Waals surface area contributed by atoms with Gasteiger partial charge < -0.3 is 10.0 Å². The van der Waals surface area contributed by atoms with Gasteiger partial charge in [-0.2, -0.15) is 0 Å². The van der Waals surface area contributed by atoms with Crippen molar-refractivity contribution in [3.63, 3.8) is 0 Å². The van der Waals surface area contributed by atoms with Crippen molar-refractivity contribution in [2.45, 2.75) is 39.0 Å². The van der Waals surface area contributed by atoms with Crippen LogP contribution in [0.3, 0.4) is 0 Å². The Bertz CT molecular complexity index is 542. The number of aliphatic hydroxyl groups is 1. The van der Waals surface area contributed by atoms with Gasteiger partial charge in [0.25, 0.3) is 0 Å². The molecule has 5 heteroatoms. The molecule has 1 aromatic carbocycles. The molecule has 0 aliphatic carbocycles. The zero-order valence-electron chi connectivity index (χ0n) is 13.6. The summed E-state index contributed by atoms with van der Waals surface area (Å²) in [6.07, 6.45) is 2.83. The van der Waals surface area contributed by atoms with Crippen LogP contribution in [0.4, 0.5) is 4.39 Å². The van der Waals surface area contributed by atoms with E-state index in [4.69, 9.17) is 0 Å². The van der Waals surface area contributed by atoms with Crippen molar-refractivity contribution in [1.82, 2.24) is 4.90 Å². The van der Waals surface area contributed by atoms with Gasteiger partial charge in [0.1, 0.15) is 5.82 Å². The van der Waals surface area contributed by atoms with Gasteiger partial charge in [-0.05, 0) is 48.9 Å². The van der Waals surface area contributed by atoms with Crippen LogP contribution in [0.1, 0.15) is 49.4 Å². The average molecular weight is 321 g/mol. The van der Waals surface area contributed by atoms with Gasteiger partial charge in [-0.25, -0.2) is 4.39 Å². The number of rotatable bonds is 6. The molecule has 2 rings (SSSR count). The molecule has 1 fully saturated rings. The molecule has 0 saturated carbocycles. The number of likely N-dealkylation sites (tertiary alicyclic amines) is 1. The number of halogens is 1. The summed E-state index contributed by atoms with van der Waals surface area (Å²) in [6, 6.07) is 5.39. The number of carbonyl (C=O) groups is 2. The highest BCUT2D eigenvalue weighted by Crippen LogP contribution is 2.34. The Morgan fingerprint density at radius 3 is 2.30 bits per heavy atom. The van der Waals surface area contributed by atoms with Crippen LogP contribution in [0.5, 0.6) is 0 Å². The molecule has 1 amide bonds. The maximum absolute atomic E-state index is 12.8. The molecule has 0 radical (unpaired) electrons. The summed E-state index contributed by atoms with van der Waals surface area (Å²) in [5.41, 5.74) is 0.379. The lowest BCUT2D eigenvalue weighted by Gasteiger charge is -2.40. The molecule has 0 bridgehead atoms. The lowest BCUT2D eigenvalue weighted by atomic mass is 9.77. The zero-order chi connectivity index (χ0) is 16.9. The highest BCUT2D eigenvalue weighted by Gasteiger charge is 2.33. The van der Waals surface area contributed by atoms with Crippen molar-refractivity contribution in [2.24, 2.45) is 5.41 Å². The number of aliphatic hydroxyl groups excluding tert-OH is 1. The predicted octanol–water partition coefficient (Wildman–Crippen LogP) is 2.80. The zero-order valence-corrected chi connectivity index (χ0v) is 13.6. The van der Waals surface area contributed by atoms with Gasteiger partial charge >= 0.3 is 0 Å². The van der Waals surface area contributed by atoms with Crippen molar-refractivity contribution in [1.29, 1.82) is 0 Å². The van der Waals surface area contributed by atoms with Crippen molar-refractivity contribution in [3.8, 4) is 0 Å². The summed E-state index contributed by atoms with van der Waals surface area (Å²) in [5, 5.41) is 9.51. The number of amides is 1. The molecule has 1 N–H and O–H groups in total. The largest absolute Gasteiger partial charge is 0.396 e. The van der Waals surface area contributed by atoms with Gasteiger partial charge in [-0.1, -0.05) is 6.92 Å². The van der Waals surface area contributed by atoms with Crippen molar-refractivity contribution < 1.29 is 19.1 Å². The van der Waals surface area contributed by atoms with Crippen molar-refractivity contribution in [2.75, 3.05) is 19.7 Å². The molecule has 0 spiro atoms. The highest BCUT2D eigenvalue weighted by atomic mass is 19.1. The van der Waals surface area contributed by atoms with E-state index in [-0.39, 0.29) is 42.4 Å². The van der Waals surface area contributed by atoms with E-state index in [0.717, 1.165) is 19.3 Å². The molecule has 1 saturated heterocycles. The summed E-state index contributed by atoms with van der Waals surface area (Å²) in [7, 11) is 0. The number of benzene rings is 1. The van der Waals surface area contributed by atoms with Crippen molar-refractivity contribution in [3.05, 3.63) is 35.6 Å². The van der Waals surface area contributed by atoms with E-state index in [0.29, 0.717) is 18.7 Å². The van der Waals surface area contributed by atoms with Crippen LogP contribution in [0.15, 0.2) is 24.3 Å². The minimum Gasteiger partial charge on any atom is -0.396 e. The van der Waals surface area contributed by atoms with Crippen LogP contribution in [0, 0.1) is 11.2 Å². The van der Waals surface area contributed by atoms with Crippen LogP contribution >= 0.6 is 0 Å². The molecular weight excluding hydrogens is 297 g/mol. The fourth-order valence-corrected chi connectivity index (χ4v) is 3.01. The Morgan fingerprint density at radius 2 is 1.78 bits per heavy atom. The Hall–Kier alpha value is -1.75. The van der Waals surface area contributed by atoms with Gasteiger partial charge in [-0.15, -0.1) is 0 Å². The maximum atomic E-state index is 12.8. The number of Topliss-reactive ketones (excluding diaryl/α,β-unsaturated/α-hetero) is 1. The van der Waals surface area contributed by atoms with Gasteiger partial charge in [-0.3, -0.25) is 9.59 Å². The third-order valence-electron chi connectivity index (χ3n) is 4.99. The Balaban J connectivity index is 1.81. The summed E-state index contributed by atoms with van der Waals surface area (Å²) >= 11 is 0. The van der Waals surface area contributed by atoms with E-state index in [1.807, 2.05) is 0 Å². The second-order valence-electron chi connectivity index (χ2n) is 6.32. The monoisotopic (exact) mass is 321 g/mol. The summed E-state index contributed by atoms with van der Waals surface area (Å²) in [5.74, 6) is -0.550. The second-order valence-corrected chi connectivity index (χ2v) is 6.32. The molecule has 1 aromatic rings. The Morgan fingerprint density at radius 1 is 1.17 bits per heavy atom. The third kappa shape index (κ3) is 4.38. The fourth-order valence-electron chi connectivity index (χ4n) is 3.01. The van der Waals surface area contributed by atoms with E-state index in [2.05, 4.69) is 6.92 Å². The molecule has 4 nitrogen and oxygen atoms in total. The van der Waals surface area contributed by atoms with Gasteiger partial charge in [0.05, 0.1) is 0 Å². The Kier molecular flexibility index (Phi) is 5.88. The average Bonchev–Trinajstić information content (AvgIpc) is 2.60. The normalized spacial score (nSPS) is 17.1. The third-order valence-corrected chi connectivity index (χ3v) is 4.99. The number of nitrogens with zero attached hydrogens (tertiary/aromatic N) is 1. The van der Waals surface area contributed by atoms with Crippen LogP contribution < -0.4 is 0 Å². The fraction of sp³-hybridized carbons (Fsp3) is 0.556. The number of hydrogen-bond donors (Lipinski definition) is 1. The van der Waals surface area contributed by atoms with Crippen molar-refractivity contribution >= 4 is 11.7 Å². The molecule has 23 heavy (non-hydrogen) atoms. The van der Waals surface area contributed by atoms with Gasteiger partial charge in [0.15, 0.2) is 5.78 Å². The van der Waals surface area contributed by atoms with E-state index in [1.54, 1.807) is 4.90 Å². The topological polar surface area (TPSA) is 57.6 Å². The standard InChI is InChI=1S/C18H24FNO3/c1-2-18(13-21)9-11-20(12-10-18)17(23)8-7-16(22)14-3-5-15(19)6-4-14/h3-6,21H,2,7-13H2,1H3. The van der Waals surface area contributed by atoms with E-state index in [1.165, 1.54) is 24.3 Å². The van der Waals surface area contributed by atoms with Gasteiger partial charge in [0.2, 0.25) is 5.91 Å². The number of carbonyl (C=O) groups excluding carboxylic acids is 2. The van der Waals surface area contributed by atoms with Crippen LogP contribution in [0.2, 0.25) is 0 Å². The minimum absolute atomic E-state index is 0.0249. The molecule has 0 aromatic heterocycles. The first kappa shape index (κ1) is 17.6. The Labute approximate surface area is 136 Å². The predicted molar refractivity (Wildman–Crippen MR) is 85.6 cm³/mol. The van der Waals surface area contributed by atoms with Crippen LogP contribution in [-0.2, 0) is 4.79 Å². The van der Waals surface area contributed by atoms with Gasteiger partial charge in [0, 0.05) is 38.1 Å². The SMILES string of the molecule is CCC1(CO)CCN(C(=O)CCC(=O)c2ccc(F)cc2)CC1. The lowest BCUT2D eigenvalue weighted by Crippen LogP contribution is -2.44. The first-order valence-electron chi connectivity index (χ1n) is 8.17. The maximum Gasteiger partial charge on any atom is 0.223 e. The number of hydrogen-bond acceptors (Lipinski definition) is 3. The molecule has 1 aliphatic rings. The second kappa shape index (κ2) is 7.68. The summed E-state index contributed by atoms with van der Waals surface area (Å²) in [4.78, 5) is 26.0. The van der Waals surface area contributed by atoms with Crippen LogP contribution in [-0.4, -0.2) is 41.4 Å². The smallest absolute Gasteiger partial charge is 0.223 e. The molecule has 1 heterocycles. The summed E-state index contributed by atoms with van der Waals surface area (Å²) in [6.45, 7) is 3.50. The molecule has 0 unspecified atom stereocenters. The lowest BCUT2D eigenvalue weighted by molar-refractivity contribution is -0.134. The number of ketones is 1. The van der Waals surface area contributed by atoms with E-state index >= 15 is 0 Å². The van der Waals surface area contributed by atoms with E-state index in [9.17, 15) is 19.1 Å².